The van der Waals surface area contributed by atoms with Crippen molar-refractivity contribution >= 4 is 29.6 Å². The lowest BCUT2D eigenvalue weighted by atomic mass is 10.2. The molecule has 0 unspecified atom stereocenters. The van der Waals surface area contributed by atoms with Gasteiger partial charge in [-0.3, -0.25) is 0 Å². The summed E-state index contributed by atoms with van der Waals surface area (Å²) in [6.45, 7) is 3.38. The van der Waals surface area contributed by atoms with Gasteiger partial charge in [-0.2, -0.15) is 21.6 Å². The Bertz CT molecular complexity index is 493. The average molecular weight is 339 g/mol. The first-order chi connectivity index (χ1) is 8.41. The van der Waals surface area contributed by atoms with Crippen molar-refractivity contribution in [2.45, 2.75) is 26.1 Å². The van der Waals surface area contributed by atoms with Crippen LogP contribution in [0.25, 0.3) is 0 Å². The van der Waals surface area contributed by atoms with Gasteiger partial charge in [-0.05, 0) is 26.0 Å². The SMILES string of the molecule is CC(C)Oc1ccccc1C(F)(F)F.O=S(=O)(Cl)Cl. The van der Waals surface area contributed by atoms with Crippen molar-refractivity contribution in [2.24, 2.45) is 0 Å². The van der Waals surface area contributed by atoms with E-state index in [0.717, 1.165) is 6.07 Å². The van der Waals surface area contributed by atoms with E-state index in [1.807, 2.05) is 0 Å². The molecular weight excluding hydrogens is 328 g/mol. The molecule has 0 radical (unpaired) electrons. The molecule has 1 rings (SSSR count). The molecule has 1 aromatic carbocycles. The van der Waals surface area contributed by atoms with E-state index >= 15 is 0 Å². The van der Waals surface area contributed by atoms with Gasteiger partial charge in [-0.25, -0.2) is 0 Å². The van der Waals surface area contributed by atoms with Gasteiger partial charge in [0.15, 0.2) is 0 Å². The highest BCUT2D eigenvalue weighted by atomic mass is 36.0. The zero-order chi connectivity index (χ0) is 15.3. The second kappa shape index (κ2) is 7.21. The number of halogens is 5. The minimum atomic E-state index is -4.36. The summed E-state index contributed by atoms with van der Waals surface area (Å²) in [5.41, 5.74) is -0.728. The van der Waals surface area contributed by atoms with Gasteiger partial charge in [0.05, 0.1) is 11.7 Å². The second-order valence-corrected chi connectivity index (χ2v) is 7.21. The van der Waals surface area contributed by atoms with Crippen molar-refractivity contribution in [1.82, 2.24) is 0 Å². The standard InChI is InChI=1S/C10H11F3O.Cl2O2S/c1-7(2)14-9-6-4-3-5-8(9)10(11,12)13;1-5(2,3)4/h3-7H,1-2H3;. The zero-order valence-corrected chi connectivity index (χ0v) is 12.2. The number of alkyl halides is 3. The van der Waals surface area contributed by atoms with Gasteiger partial charge in [-0.1, -0.05) is 12.1 Å². The van der Waals surface area contributed by atoms with Crippen LogP contribution in [0, 0.1) is 0 Å². The molecule has 0 heterocycles. The fourth-order valence-electron chi connectivity index (χ4n) is 1.06. The van der Waals surface area contributed by atoms with E-state index in [-0.39, 0.29) is 11.9 Å². The highest BCUT2D eigenvalue weighted by molar-refractivity contribution is 8.31. The molecule has 0 fully saturated rings. The van der Waals surface area contributed by atoms with Crippen LogP contribution >= 0.6 is 21.4 Å². The normalized spacial score (nSPS) is 11.8. The van der Waals surface area contributed by atoms with Gasteiger partial charge >= 0.3 is 14.4 Å². The molecule has 0 aliphatic carbocycles. The van der Waals surface area contributed by atoms with Gasteiger partial charge in [0.2, 0.25) is 0 Å². The van der Waals surface area contributed by atoms with Crippen molar-refractivity contribution in [3.8, 4) is 5.75 Å². The van der Waals surface area contributed by atoms with E-state index in [1.54, 1.807) is 13.8 Å². The van der Waals surface area contributed by atoms with Gasteiger partial charge in [-0.15, -0.1) is 0 Å². The molecule has 9 heteroatoms. The van der Waals surface area contributed by atoms with Crippen LogP contribution in [0.4, 0.5) is 13.2 Å². The summed E-state index contributed by atoms with van der Waals surface area (Å²) in [4.78, 5) is 0. The van der Waals surface area contributed by atoms with Crippen LogP contribution in [-0.4, -0.2) is 14.5 Å². The minimum absolute atomic E-state index is 0.116. The molecule has 0 amide bonds. The predicted octanol–water partition coefficient (Wildman–Crippen LogP) is 4.20. The van der Waals surface area contributed by atoms with E-state index in [0.29, 0.717) is 0 Å². The molecule has 3 nitrogen and oxygen atoms in total. The van der Waals surface area contributed by atoms with Gasteiger partial charge in [0.1, 0.15) is 5.75 Å². The molecule has 0 spiro atoms. The topological polar surface area (TPSA) is 43.4 Å². The van der Waals surface area contributed by atoms with Crippen LogP contribution in [0.3, 0.4) is 0 Å². The molecule has 0 atom stereocenters. The van der Waals surface area contributed by atoms with Crippen molar-refractivity contribution in [2.75, 3.05) is 0 Å². The van der Waals surface area contributed by atoms with Crippen LogP contribution < -0.4 is 4.74 Å². The summed E-state index contributed by atoms with van der Waals surface area (Å²) in [6, 6.07) is 5.20. The average Bonchev–Trinajstić information content (AvgIpc) is 2.12. The Morgan fingerprint density at radius 2 is 1.58 bits per heavy atom. The van der Waals surface area contributed by atoms with Crippen molar-refractivity contribution in [1.29, 1.82) is 0 Å². The summed E-state index contributed by atoms with van der Waals surface area (Å²) in [7, 11) is 4.81. The lowest BCUT2D eigenvalue weighted by Gasteiger charge is -2.15. The van der Waals surface area contributed by atoms with Crippen LogP contribution in [0.1, 0.15) is 19.4 Å². The summed E-state index contributed by atoms with van der Waals surface area (Å²) >= 11 is 0. The highest BCUT2D eigenvalue weighted by Gasteiger charge is 2.34. The van der Waals surface area contributed by atoms with Crippen LogP contribution in [0.15, 0.2) is 24.3 Å². The first kappa shape index (κ1) is 18.3. The van der Waals surface area contributed by atoms with Crippen molar-refractivity contribution in [3.05, 3.63) is 29.8 Å². The highest BCUT2D eigenvalue weighted by Crippen LogP contribution is 2.36. The zero-order valence-electron chi connectivity index (χ0n) is 9.91. The molecule has 0 saturated carbocycles. The smallest absolute Gasteiger partial charge is 0.419 e. The molecule has 110 valence electrons. The third kappa shape index (κ3) is 9.86. The van der Waals surface area contributed by atoms with Crippen molar-refractivity contribution < 1.29 is 26.3 Å². The monoisotopic (exact) mass is 338 g/mol. The lowest BCUT2D eigenvalue weighted by Crippen LogP contribution is -2.12. The molecule has 0 bridgehead atoms. The summed E-state index contributed by atoms with van der Waals surface area (Å²) in [5, 5.41) is 0. The largest absolute Gasteiger partial charge is 0.490 e. The Morgan fingerprint density at radius 1 is 1.16 bits per heavy atom. The quantitative estimate of drug-likeness (QED) is 0.759. The molecule has 19 heavy (non-hydrogen) atoms. The molecule has 0 aliphatic rings. The Kier molecular flexibility index (Phi) is 6.96. The number of rotatable bonds is 2. The van der Waals surface area contributed by atoms with Gasteiger partial charge in [0.25, 0.3) is 0 Å². The molecular formula is C10H11Cl2F3O3S. The molecule has 1 aromatic rings. The van der Waals surface area contributed by atoms with Crippen molar-refractivity contribution in [3.63, 3.8) is 0 Å². The maximum Gasteiger partial charge on any atom is 0.419 e. The second-order valence-electron chi connectivity index (χ2n) is 3.54. The summed E-state index contributed by atoms with van der Waals surface area (Å²) < 4.78 is 60.6. The number of hydrogen-bond acceptors (Lipinski definition) is 3. The van der Waals surface area contributed by atoms with E-state index < -0.39 is 20.0 Å². The fraction of sp³-hybridized carbons (Fsp3) is 0.400. The van der Waals surface area contributed by atoms with E-state index in [4.69, 9.17) is 13.2 Å². The Hall–Kier alpha value is -0.660. The number of hydrogen-bond donors (Lipinski definition) is 0. The minimum Gasteiger partial charge on any atom is -0.490 e. The number of benzene rings is 1. The van der Waals surface area contributed by atoms with E-state index in [9.17, 15) is 13.2 Å². The maximum atomic E-state index is 12.4. The first-order valence-corrected chi connectivity index (χ1v) is 8.02. The van der Waals surface area contributed by atoms with Gasteiger partial charge in [0, 0.05) is 21.4 Å². The van der Waals surface area contributed by atoms with Gasteiger partial charge < -0.3 is 4.74 Å². The third-order valence-electron chi connectivity index (χ3n) is 1.56. The summed E-state index contributed by atoms with van der Waals surface area (Å²) in [5.74, 6) is -0.116. The molecule has 0 N–H and O–H groups in total. The molecule has 0 saturated heterocycles. The van der Waals surface area contributed by atoms with E-state index in [1.165, 1.54) is 18.2 Å². The van der Waals surface area contributed by atoms with Crippen LogP contribution in [0.2, 0.25) is 0 Å². The maximum absolute atomic E-state index is 12.4. The number of ether oxygens (including phenoxy) is 1. The Morgan fingerprint density at radius 3 is 1.95 bits per heavy atom. The Balaban J connectivity index is 0.000000555. The lowest BCUT2D eigenvalue weighted by molar-refractivity contribution is -0.139. The number of para-hydroxylation sites is 1. The fourth-order valence-corrected chi connectivity index (χ4v) is 1.06. The predicted molar refractivity (Wildman–Crippen MR) is 67.8 cm³/mol. The molecule has 0 aliphatic heterocycles. The summed E-state index contributed by atoms with van der Waals surface area (Å²) in [6.07, 6.45) is -4.62. The van der Waals surface area contributed by atoms with E-state index in [2.05, 4.69) is 21.4 Å². The Labute approximate surface area is 118 Å². The van der Waals surface area contributed by atoms with Crippen LogP contribution in [0.5, 0.6) is 5.75 Å². The van der Waals surface area contributed by atoms with Crippen LogP contribution in [-0.2, 0) is 14.4 Å². The molecule has 0 aromatic heterocycles. The first-order valence-electron chi connectivity index (χ1n) is 4.88. The third-order valence-corrected chi connectivity index (χ3v) is 1.56.